The summed E-state index contributed by atoms with van der Waals surface area (Å²) in [7, 11) is 0. The molecule has 2 heterocycles. The molecular weight excluding hydrogens is 276 g/mol. The maximum absolute atomic E-state index is 12.2. The van der Waals surface area contributed by atoms with E-state index in [4.69, 9.17) is 0 Å². The van der Waals surface area contributed by atoms with Crippen LogP contribution in [-0.2, 0) is 0 Å². The lowest BCUT2D eigenvalue weighted by atomic mass is 10.1. The predicted molar refractivity (Wildman–Crippen MR) is 82.2 cm³/mol. The fourth-order valence-electron chi connectivity index (χ4n) is 2.36. The largest absolute Gasteiger partial charge is 0.274 e. The molecule has 0 spiro atoms. The predicted octanol–water partition coefficient (Wildman–Crippen LogP) is 2.51. The van der Waals surface area contributed by atoms with Gasteiger partial charge in [0.1, 0.15) is 5.69 Å². The van der Waals surface area contributed by atoms with Crippen molar-refractivity contribution in [3.05, 3.63) is 65.5 Å². The summed E-state index contributed by atoms with van der Waals surface area (Å²) in [4.78, 5) is 29.7. The van der Waals surface area contributed by atoms with Crippen LogP contribution in [0, 0.1) is 11.8 Å². The van der Waals surface area contributed by atoms with Crippen LogP contribution in [0.1, 0.15) is 39.3 Å². The number of imide groups is 1. The van der Waals surface area contributed by atoms with Gasteiger partial charge in [0, 0.05) is 19.2 Å². The van der Waals surface area contributed by atoms with Crippen molar-refractivity contribution in [3.63, 3.8) is 0 Å². The third-order valence-electron chi connectivity index (χ3n) is 3.44. The van der Waals surface area contributed by atoms with Crippen LogP contribution in [-0.4, -0.2) is 28.2 Å². The third-order valence-corrected chi connectivity index (χ3v) is 3.44. The van der Waals surface area contributed by atoms with E-state index in [-0.39, 0.29) is 11.8 Å². The van der Waals surface area contributed by atoms with Gasteiger partial charge < -0.3 is 0 Å². The number of amides is 2. The molecule has 1 aliphatic heterocycles. The summed E-state index contributed by atoms with van der Waals surface area (Å²) in [6.07, 6.45) is 2.97. The number of rotatable bonds is 3. The smallest absolute Gasteiger partial charge is 0.261 e. The minimum Gasteiger partial charge on any atom is -0.274 e. The second kappa shape index (κ2) is 6.23. The lowest BCUT2D eigenvalue weighted by Crippen LogP contribution is -2.30. The Morgan fingerprint density at radius 3 is 2.27 bits per heavy atom. The van der Waals surface area contributed by atoms with Gasteiger partial charge in [-0.3, -0.25) is 14.5 Å². The van der Waals surface area contributed by atoms with E-state index in [0.29, 0.717) is 30.5 Å². The lowest BCUT2D eigenvalue weighted by Gasteiger charge is -2.12. The zero-order chi connectivity index (χ0) is 15.4. The molecule has 2 aromatic rings. The molecule has 3 rings (SSSR count). The number of aromatic nitrogens is 1. The fourth-order valence-corrected chi connectivity index (χ4v) is 2.36. The average Bonchev–Trinajstić information content (AvgIpc) is 2.81. The molecular formula is C18H14N2O2. The summed E-state index contributed by atoms with van der Waals surface area (Å²) in [6, 6.07) is 12.5. The maximum atomic E-state index is 12.2. The summed E-state index contributed by atoms with van der Waals surface area (Å²) in [5.74, 6) is 5.55. The van der Waals surface area contributed by atoms with Gasteiger partial charge in [-0.1, -0.05) is 24.1 Å². The number of carbonyl (C=O) groups is 2. The number of benzene rings is 1. The van der Waals surface area contributed by atoms with Crippen LogP contribution in [0.2, 0.25) is 0 Å². The standard InChI is InChI=1S/C18H14N2O2/c21-17-15-10-3-4-11-16(15)18(22)20(17)13-7-1-2-8-14-9-5-6-12-19-14/h3-6,9-12H,1,7,13H2. The maximum Gasteiger partial charge on any atom is 0.261 e. The Kier molecular flexibility index (Phi) is 3.97. The van der Waals surface area contributed by atoms with Gasteiger partial charge in [-0.15, -0.1) is 0 Å². The average molecular weight is 290 g/mol. The highest BCUT2D eigenvalue weighted by molar-refractivity contribution is 6.21. The number of carbonyl (C=O) groups excluding carboxylic acids is 2. The van der Waals surface area contributed by atoms with Crippen molar-refractivity contribution in [2.24, 2.45) is 0 Å². The summed E-state index contributed by atoms with van der Waals surface area (Å²) >= 11 is 0. The summed E-state index contributed by atoms with van der Waals surface area (Å²) in [5, 5.41) is 0. The van der Waals surface area contributed by atoms with Crippen LogP contribution >= 0.6 is 0 Å². The first-order valence-electron chi connectivity index (χ1n) is 7.12. The second-order valence-electron chi connectivity index (χ2n) is 4.93. The summed E-state index contributed by atoms with van der Waals surface area (Å²) < 4.78 is 0. The molecule has 1 aliphatic rings. The molecule has 0 N–H and O–H groups in total. The highest BCUT2D eigenvalue weighted by Gasteiger charge is 2.34. The van der Waals surface area contributed by atoms with Crippen LogP contribution in [0.3, 0.4) is 0 Å². The molecule has 0 bridgehead atoms. The highest BCUT2D eigenvalue weighted by atomic mass is 16.2. The molecule has 0 fully saturated rings. The molecule has 2 amide bonds. The SMILES string of the molecule is O=C1c2ccccc2C(=O)N1CCCC#Cc1ccccn1. The van der Waals surface area contributed by atoms with Crippen molar-refractivity contribution in [3.8, 4) is 11.8 Å². The molecule has 0 aliphatic carbocycles. The quantitative estimate of drug-likeness (QED) is 0.496. The molecule has 4 heteroatoms. The molecule has 1 aromatic heterocycles. The van der Waals surface area contributed by atoms with E-state index in [9.17, 15) is 9.59 Å². The number of fused-ring (bicyclic) bond motifs is 1. The van der Waals surface area contributed by atoms with Crippen LogP contribution in [0.5, 0.6) is 0 Å². The molecule has 0 atom stereocenters. The van der Waals surface area contributed by atoms with Crippen LogP contribution in [0.25, 0.3) is 0 Å². The van der Waals surface area contributed by atoms with E-state index < -0.39 is 0 Å². The van der Waals surface area contributed by atoms with Gasteiger partial charge in [-0.25, -0.2) is 4.98 Å². The molecule has 108 valence electrons. The van der Waals surface area contributed by atoms with Crippen molar-refractivity contribution >= 4 is 11.8 Å². The fraction of sp³-hybridized carbons (Fsp3) is 0.167. The topological polar surface area (TPSA) is 50.3 Å². The van der Waals surface area contributed by atoms with Crippen molar-refractivity contribution in [1.82, 2.24) is 9.88 Å². The first kappa shape index (κ1) is 14.0. The molecule has 0 radical (unpaired) electrons. The van der Waals surface area contributed by atoms with Gasteiger partial charge in [-0.2, -0.15) is 0 Å². The first-order chi connectivity index (χ1) is 10.8. The Bertz CT molecular complexity index is 737. The van der Waals surface area contributed by atoms with Gasteiger partial charge in [0.05, 0.1) is 11.1 Å². The number of pyridine rings is 1. The lowest BCUT2D eigenvalue weighted by molar-refractivity contribution is 0.0653. The monoisotopic (exact) mass is 290 g/mol. The molecule has 0 unspecified atom stereocenters. The number of hydrogen-bond acceptors (Lipinski definition) is 3. The van der Waals surface area contributed by atoms with Crippen molar-refractivity contribution in [1.29, 1.82) is 0 Å². The van der Waals surface area contributed by atoms with E-state index in [0.717, 1.165) is 5.69 Å². The molecule has 22 heavy (non-hydrogen) atoms. The van der Waals surface area contributed by atoms with Crippen molar-refractivity contribution in [2.75, 3.05) is 6.54 Å². The molecule has 1 aromatic carbocycles. The zero-order valence-corrected chi connectivity index (χ0v) is 12.0. The minimum absolute atomic E-state index is 0.210. The van der Waals surface area contributed by atoms with Gasteiger partial charge in [0.2, 0.25) is 0 Å². The van der Waals surface area contributed by atoms with Gasteiger partial charge in [-0.05, 0) is 36.6 Å². The number of unbranched alkanes of at least 4 members (excludes halogenated alkanes) is 1. The minimum atomic E-state index is -0.210. The Hall–Kier alpha value is -2.93. The third kappa shape index (κ3) is 2.75. The normalized spacial score (nSPS) is 12.8. The molecule has 0 saturated heterocycles. The zero-order valence-electron chi connectivity index (χ0n) is 12.0. The Morgan fingerprint density at radius 2 is 1.64 bits per heavy atom. The van der Waals surface area contributed by atoms with E-state index in [2.05, 4.69) is 16.8 Å². The number of nitrogens with zero attached hydrogens (tertiary/aromatic N) is 2. The molecule has 0 saturated carbocycles. The van der Waals surface area contributed by atoms with Crippen molar-refractivity contribution < 1.29 is 9.59 Å². The second-order valence-corrected chi connectivity index (χ2v) is 4.93. The Labute approximate surface area is 128 Å². The van der Waals surface area contributed by atoms with Crippen molar-refractivity contribution in [2.45, 2.75) is 12.8 Å². The first-order valence-corrected chi connectivity index (χ1v) is 7.12. The van der Waals surface area contributed by atoms with E-state index in [1.807, 2.05) is 18.2 Å². The Morgan fingerprint density at radius 1 is 0.955 bits per heavy atom. The number of hydrogen-bond donors (Lipinski definition) is 0. The van der Waals surface area contributed by atoms with E-state index in [1.54, 1.807) is 30.5 Å². The van der Waals surface area contributed by atoms with Crippen LogP contribution in [0.4, 0.5) is 0 Å². The molecule has 4 nitrogen and oxygen atoms in total. The van der Waals surface area contributed by atoms with Gasteiger partial charge in [0.15, 0.2) is 0 Å². The van der Waals surface area contributed by atoms with Gasteiger partial charge in [0.25, 0.3) is 11.8 Å². The van der Waals surface area contributed by atoms with E-state index in [1.165, 1.54) is 4.90 Å². The summed E-state index contributed by atoms with van der Waals surface area (Å²) in [5.41, 5.74) is 1.71. The van der Waals surface area contributed by atoms with Crippen LogP contribution in [0.15, 0.2) is 48.7 Å². The summed E-state index contributed by atoms with van der Waals surface area (Å²) in [6.45, 7) is 0.392. The Balaban J connectivity index is 1.57. The van der Waals surface area contributed by atoms with E-state index >= 15 is 0 Å². The highest BCUT2D eigenvalue weighted by Crippen LogP contribution is 2.22. The van der Waals surface area contributed by atoms with Crippen LogP contribution < -0.4 is 0 Å². The van der Waals surface area contributed by atoms with Gasteiger partial charge >= 0.3 is 0 Å².